The molecule has 0 atom stereocenters. The molecule has 0 aliphatic carbocycles. The van der Waals surface area contributed by atoms with E-state index in [-0.39, 0.29) is 10.8 Å². The summed E-state index contributed by atoms with van der Waals surface area (Å²) in [5.41, 5.74) is 11.4. The lowest BCUT2D eigenvalue weighted by atomic mass is 9.84. The largest absolute Gasteiger partial charge is 0.238 e. The molecule has 1 fully saturated rings. The molecule has 0 spiro atoms. The molecule has 250 valence electrons. The average molecular weight is 876 g/mol. The van der Waals surface area contributed by atoms with E-state index in [1.165, 1.54) is 16.7 Å². The van der Waals surface area contributed by atoms with Crippen molar-refractivity contribution in [2.75, 3.05) is 11.5 Å². The second kappa shape index (κ2) is 15.1. The van der Waals surface area contributed by atoms with Crippen LogP contribution in [0.2, 0.25) is 0 Å². The average Bonchev–Trinajstić information content (AvgIpc) is 3.07. The molecule has 1 saturated heterocycles. The van der Waals surface area contributed by atoms with Crippen molar-refractivity contribution < 1.29 is 0 Å². The summed E-state index contributed by atoms with van der Waals surface area (Å²) in [4.78, 5) is 10.8. The van der Waals surface area contributed by atoms with Crippen LogP contribution in [0.1, 0.15) is 52.7 Å². The van der Waals surface area contributed by atoms with E-state index >= 15 is 0 Å². The highest BCUT2D eigenvalue weighted by Crippen LogP contribution is 2.45. The quantitative estimate of drug-likeness (QED) is 0.176. The Morgan fingerprint density at radius 3 is 1.35 bits per heavy atom. The Hall–Kier alpha value is -2.42. The molecule has 0 amide bonds. The van der Waals surface area contributed by atoms with Crippen LogP contribution < -0.4 is 0 Å². The third-order valence-corrected chi connectivity index (χ3v) is 12.5. The predicted octanol–water partition coefficient (Wildman–Crippen LogP) is 14.8. The molecular weight excluding hydrogens is 836 g/mol. The second-order valence-electron chi connectivity index (χ2n) is 14.2. The molecule has 1 heterocycles. The minimum Gasteiger partial charge on any atom is -0.238 e. The van der Waals surface area contributed by atoms with E-state index in [1.807, 2.05) is 12.1 Å². The van der Waals surface area contributed by atoms with Crippen LogP contribution in [0.15, 0.2) is 127 Å². The van der Waals surface area contributed by atoms with Gasteiger partial charge in [0.05, 0.1) is 11.4 Å². The third kappa shape index (κ3) is 8.56. The topological polar surface area (TPSA) is 24.7 Å². The zero-order chi connectivity index (χ0) is 34.9. The number of rotatable bonds is 5. The van der Waals surface area contributed by atoms with Crippen molar-refractivity contribution in [2.45, 2.75) is 52.4 Å². The SMILES string of the molecule is CC(C)(C)c1ccc(-c2cc(-c3ccccc3)cc(-c3ccc(C(C)(C)C)cc3)c2N=C2SCCSC2=Nc2c(Br)cc(Br)cc2Br)cc1. The van der Waals surface area contributed by atoms with Gasteiger partial charge in [0.1, 0.15) is 10.1 Å². The Labute approximate surface area is 325 Å². The van der Waals surface area contributed by atoms with Crippen molar-refractivity contribution in [1.29, 1.82) is 0 Å². The van der Waals surface area contributed by atoms with Gasteiger partial charge >= 0.3 is 0 Å². The van der Waals surface area contributed by atoms with Gasteiger partial charge in [-0.2, -0.15) is 0 Å². The Morgan fingerprint density at radius 1 is 0.490 bits per heavy atom. The summed E-state index contributed by atoms with van der Waals surface area (Å²) in [7, 11) is 0. The fraction of sp³-hybridized carbons (Fsp3) is 0.238. The monoisotopic (exact) mass is 872 g/mol. The molecule has 0 N–H and O–H groups in total. The van der Waals surface area contributed by atoms with Gasteiger partial charge in [-0.1, -0.05) is 136 Å². The lowest BCUT2D eigenvalue weighted by Crippen LogP contribution is -2.14. The standard InChI is InChI=1S/C42H39Br3N2S2/c1-41(2,3)30-16-12-27(13-17-30)33-22-29(26-10-8-7-9-11-26)23-34(28-14-18-31(19-15-28)42(4,5)6)37(33)46-39-40(49-21-20-48-39)47-38-35(44)24-32(43)25-36(38)45/h7-19,22-25H,20-21H2,1-6H3. The second-order valence-corrected chi connectivity index (χ2v) is 19.0. The molecule has 6 rings (SSSR count). The van der Waals surface area contributed by atoms with Crippen LogP contribution in [0.3, 0.4) is 0 Å². The van der Waals surface area contributed by atoms with Gasteiger partial charge in [-0.25, -0.2) is 9.98 Å². The number of hydrogen-bond donors (Lipinski definition) is 0. The van der Waals surface area contributed by atoms with E-state index in [4.69, 9.17) is 9.98 Å². The molecule has 7 heteroatoms. The van der Waals surface area contributed by atoms with Crippen LogP contribution >= 0.6 is 71.3 Å². The number of benzene rings is 5. The lowest BCUT2D eigenvalue weighted by molar-refractivity contribution is 0.590. The van der Waals surface area contributed by atoms with Crippen LogP contribution in [-0.2, 0) is 10.8 Å². The van der Waals surface area contributed by atoms with E-state index in [1.54, 1.807) is 23.5 Å². The fourth-order valence-electron chi connectivity index (χ4n) is 5.70. The maximum atomic E-state index is 5.59. The van der Waals surface area contributed by atoms with Crippen molar-refractivity contribution >= 4 is 92.8 Å². The Morgan fingerprint density at radius 2 is 0.918 bits per heavy atom. The van der Waals surface area contributed by atoms with E-state index in [2.05, 4.69) is 180 Å². The van der Waals surface area contributed by atoms with E-state index in [9.17, 15) is 0 Å². The summed E-state index contributed by atoms with van der Waals surface area (Å²) < 4.78 is 2.82. The van der Waals surface area contributed by atoms with E-state index < -0.39 is 0 Å². The van der Waals surface area contributed by atoms with Gasteiger partial charge in [-0.05, 0) is 100 Å². The van der Waals surface area contributed by atoms with Gasteiger partial charge in [0.15, 0.2) is 0 Å². The van der Waals surface area contributed by atoms with Crippen LogP contribution in [0.5, 0.6) is 0 Å². The minimum absolute atomic E-state index is 0.0599. The summed E-state index contributed by atoms with van der Waals surface area (Å²) >= 11 is 14.6. The van der Waals surface area contributed by atoms with Gasteiger partial charge in [0.25, 0.3) is 0 Å². The van der Waals surface area contributed by atoms with Crippen molar-refractivity contribution in [3.05, 3.63) is 128 Å². The number of thioether (sulfide) groups is 2. The molecule has 0 unspecified atom stereocenters. The summed E-state index contributed by atoms with van der Waals surface area (Å²) in [5.74, 6) is 1.95. The zero-order valence-corrected chi connectivity index (χ0v) is 35.0. The Kier molecular flexibility index (Phi) is 11.2. The highest BCUT2D eigenvalue weighted by atomic mass is 79.9. The first-order chi connectivity index (χ1) is 23.3. The van der Waals surface area contributed by atoms with E-state index in [0.717, 1.165) is 74.2 Å². The molecule has 0 bridgehead atoms. The zero-order valence-electron chi connectivity index (χ0n) is 28.6. The van der Waals surface area contributed by atoms with Crippen LogP contribution in [0.4, 0.5) is 11.4 Å². The van der Waals surface area contributed by atoms with Gasteiger partial charge < -0.3 is 0 Å². The normalized spacial score (nSPS) is 15.6. The molecule has 49 heavy (non-hydrogen) atoms. The summed E-state index contributed by atoms with van der Waals surface area (Å²) in [5, 5.41) is 1.86. The molecule has 5 aromatic carbocycles. The number of halogens is 3. The van der Waals surface area contributed by atoms with E-state index in [0.29, 0.717) is 0 Å². The van der Waals surface area contributed by atoms with Gasteiger partial charge in [0.2, 0.25) is 0 Å². The maximum absolute atomic E-state index is 5.59. The fourth-order valence-corrected chi connectivity index (χ4v) is 10.2. The molecule has 0 aromatic heterocycles. The van der Waals surface area contributed by atoms with Crippen LogP contribution in [0, 0.1) is 0 Å². The Balaban J connectivity index is 1.63. The molecule has 1 aliphatic heterocycles. The van der Waals surface area contributed by atoms with Gasteiger partial charge in [-0.15, -0.1) is 23.5 Å². The van der Waals surface area contributed by atoms with Crippen molar-refractivity contribution in [3.63, 3.8) is 0 Å². The minimum atomic E-state index is 0.0599. The van der Waals surface area contributed by atoms with Gasteiger partial charge in [-0.3, -0.25) is 0 Å². The summed E-state index contributed by atoms with van der Waals surface area (Å²) in [6, 6.07) is 37.4. The molecule has 1 aliphatic rings. The van der Waals surface area contributed by atoms with Gasteiger partial charge in [0, 0.05) is 36.1 Å². The number of aliphatic imine (C=N–C) groups is 2. The van der Waals surface area contributed by atoms with Crippen molar-refractivity contribution in [1.82, 2.24) is 0 Å². The molecule has 2 nitrogen and oxygen atoms in total. The predicted molar refractivity (Wildman–Crippen MR) is 229 cm³/mol. The Bertz CT molecular complexity index is 1940. The molecular formula is C42H39Br3N2S2. The maximum Gasteiger partial charge on any atom is 0.129 e. The highest BCUT2D eigenvalue weighted by Gasteiger charge is 2.23. The number of hydrogen-bond acceptors (Lipinski definition) is 4. The molecule has 0 saturated carbocycles. The summed E-state index contributed by atoms with van der Waals surface area (Å²) in [6.07, 6.45) is 0. The first-order valence-corrected chi connectivity index (χ1v) is 20.7. The van der Waals surface area contributed by atoms with Crippen molar-refractivity contribution in [2.24, 2.45) is 9.98 Å². The highest BCUT2D eigenvalue weighted by molar-refractivity contribution is 9.11. The molecule has 5 aromatic rings. The smallest absolute Gasteiger partial charge is 0.129 e. The van der Waals surface area contributed by atoms with Crippen molar-refractivity contribution in [3.8, 4) is 33.4 Å². The third-order valence-electron chi connectivity index (χ3n) is 8.49. The number of nitrogens with zero attached hydrogens (tertiary/aromatic N) is 2. The summed E-state index contributed by atoms with van der Waals surface area (Å²) in [6.45, 7) is 13.6. The first-order valence-electron chi connectivity index (χ1n) is 16.3. The lowest BCUT2D eigenvalue weighted by Gasteiger charge is -2.22. The first kappa shape index (κ1) is 36.4. The molecule has 0 radical (unpaired) electrons. The van der Waals surface area contributed by atoms with Crippen LogP contribution in [-0.4, -0.2) is 21.6 Å². The van der Waals surface area contributed by atoms with Crippen LogP contribution in [0.25, 0.3) is 33.4 Å².